The van der Waals surface area contributed by atoms with E-state index in [1.54, 1.807) is 29.4 Å². The SMILES string of the molecule is Cc1ccc2c3ccc(C(C)(C)Cc4ccc5c(c4)c4ccc(F)cc4n5CCNCCOCn4cnc5c(N)ncnc54)cc3n(CCNCCOCn3cnc4c(N)ncnc43)c2c1. The van der Waals surface area contributed by atoms with Gasteiger partial charge in [-0.05, 0) is 77.9 Å². The summed E-state index contributed by atoms with van der Waals surface area (Å²) >= 11 is 0. The second-order valence-electron chi connectivity index (χ2n) is 17.5. The Morgan fingerprint density at radius 3 is 1.80 bits per heavy atom. The van der Waals surface area contributed by atoms with Gasteiger partial charge >= 0.3 is 0 Å². The number of ether oxygens (including phenoxy) is 2. The number of benzene rings is 4. The fraction of sp³-hybridized carbons (Fsp3) is 0.306. The van der Waals surface area contributed by atoms with E-state index in [4.69, 9.17) is 20.9 Å². The summed E-state index contributed by atoms with van der Waals surface area (Å²) in [6.07, 6.45) is 7.01. The van der Waals surface area contributed by atoms with Crippen molar-refractivity contribution < 1.29 is 13.9 Å². The third kappa shape index (κ3) is 8.37. The van der Waals surface area contributed by atoms with Gasteiger partial charge in [0.1, 0.15) is 43.0 Å². The molecule has 0 saturated heterocycles. The standard InChI is InChI=1S/C49H53FN14O2/c1-31-4-8-35-36-9-6-33(22-41(36)64(40(35)20-31)17-13-54-15-19-66-30-62-28-60-44-46(52)56-26-58-48(44)62)49(2,3)24-32-5-11-39-38(21-32)37-10-7-34(50)23-42(37)63(39)16-12-53-14-18-65-29-61-27-59-43-45(51)55-25-57-47(43)61/h4-11,20-23,25-28,53-54H,12-19,24,29-30H2,1-3H3,(H2,51,55,57)(H2,52,56,58). The van der Waals surface area contributed by atoms with Crippen LogP contribution in [-0.4, -0.2) is 87.6 Å². The van der Waals surface area contributed by atoms with Gasteiger partial charge in [0.25, 0.3) is 0 Å². The number of nitrogens with one attached hydrogen (secondary N) is 2. The minimum atomic E-state index is -0.251. The van der Waals surface area contributed by atoms with Crippen molar-refractivity contribution in [2.45, 2.75) is 59.2 Å². The zero-order valence-corrected chi connectivity index (χ0v) is 37.3. The van der Waals surface area contributed by atoms with Crippen molar-refractivity contribution >= 4 is 77.6 Å². The molecular formula is C49H53FN14O2. The summed E-state index contributed by atoms with van der Waals surface area (Å²) in [5, 5.41) is 11.7. The molecule has 6 N–H and O–H groups in total. The maximum atomic E-state index is 14.8. The molecular weight excluding hydrogens is 836 g/mol. The first-order valence-electron chi connectivity index (χ1n) is 22.3. The number of aromatic nitrogens is 10. The Morgan fingerprint density at radius 2 is 1.15 bits per heavy atom. The molecule has 0 unspecified atom stereocenters. The number of nitrogen functional groups attached to an aromatic ring is 2. The second-order valence-corrected chi connectivity index (χ2v) is 17.5. The molecule has 0 aliphatic rings. The van der Waals surface area contributed by atoms with Crippen LogP contribution in [0.15, 0.2) is 98.1 Å². The lowest BCUT2D eigenvalue weighted by Crippen LogP contribution is -2.24. The molecule has 17 heteroatoms. The number of imidazole rings is 2. The van der Waals surface area contributed by atoms with E-state index >= 15 is 0 Å². The molecule has 6 heterocycles. The van der Waals surface area contributed by atoms with E-state index in [0.29, 0.717) is 86.8 Å². The highest BCUT2D eigenvalue weighted by Gasteiger charge is 2.24. The van der Waals surface area contributed by atoms with Crippen LogP contribution in [0.1, 0.15) is 30.5 Å². The van der Waals surface area contributed by atoms with Crippen molar-refractivity contribution in [3.63, 3.8) is 0 Å². The van der Waals surface area contributed by atoms with Gasteiger partial charge in [0.15, 0.2) is 22.9 Å². The number of hydrogen-bond donors (Lipinski definition) is 4. The number of anilines is 2. The number of nitrogens with two attached hydrogens (primary N) is 2. The zero-order chi connectivity index (χ0) is 45.4. The van der Waals surface area contributed by atoms with Crippen molar-refractivity contribution in [3.05, 3.63) is 121 Å². The summed E-state index contributed by atoms with van der Waals surface area (Å²) in [7, 11) is 0. The van der Waals surface area contributed by atoms with Gasteiger partial charge in [0, 0.05) is 77.4 Å². The Hall–Kier alpha value is -7.05. The zero-order valence-electron chi connectivity index (χ0n) is 37.3. The first kappa shape index (κ1) is 42.9. The van der Waals surface area contributed by atoms with Crippen LogP contribution in [0.2, 0.25) is 0 Å². The van der Waals surface area contributed by atoms with E-state index in [1.807, 2.05) is 10.6 Å². The molecule has 0 fully saturated rings. The van der Waals surface area contributed by atoms with E-state index in [0.717, 1.165) is 41.3 Å². The molecule has 0 radical (unpaired) electrons. The van der Waals surface area contributed by atoms with Crippen LogP contribution >= 0.6 is 0 Å². The van der Waals surface area contributed by atoms with E-state index in [1.165, 1.54) is 51.2 Å². The molecule has 0 bridgehead atoms. The van der Waals surface area contributed by atoms with Gasteiger partial charge in [-0.3, -0.25) is 9.13 Å². The third-order valence-electron chi connectivity index (χ3n) is 12.5. The number of halogens is 1. The molecule has 66 heavy (non-hydrogen) atoms. The normalized spacial score (nSPS) is 12.4. The maximum Gasteiger partial charge on any atom is 0.167 e. The van der Waals surface area contributed by atoms with Gasteiger partial charge < -0.3 is 40.7 Å². The Labute approximate surface area is 379 Å². The molecule has 0 aliphatic carbocycles. The number of hydrogen-bond acceptors (Lipinski definition) is 12. The van der Waals surface area contributed by atoms with E-state index in [2.05, 4.69) is 125 Å². The summed E-state index contributed by atoms with van der Waals surface area (Å²) < 4.78 is 34.9. The molecule has 16 nitrogen and oxygen atoms in total. The van der Waals surface area contributed by atoms with Gasteiger partial charge in [-0.2, -0.15) is 0 Å². The number of fused-ring (bicyclic) bond motifs is 8. The molecule has 0 spiro atoms. The Bertz CT molecular complexity index is 3370. The highest BCUT2D eigenvalue weighted by molar-refractivity contribution is 6.09. The average molecular weight is 889 g/mol. The highest BCUT2D eigenvalue weighted by atomic mass is 19.1. The van der Waals surface area contributed by atoms with Crippen LogP contribution in [0.4, 0.5) is 16.0 Å². The average Bonchev–Trinajstić information content (AvgIpc) is 4.07. The lowest BCUT2D eigenvalue weighted by molar-refractivity contribution is 0.0810. The maximum absolute atomic E-state index is 14.8. The minimum absolute atomic E-state index is 0.185. The molecule has 6 aromatic heterocycles. The molecule has 0 amide bonds. The van der Waals surface area contributed by atoms with Crippen LogP contribution in [0.25, 0.3) is 65.9 Å². The molecule has 10 aromatic rings. The van der Waals surface area contributed by atoms with Crippen LogP contribution in [0.5, 0.6) is 0 Å². The lowest BCUT2D eigenvalue weighted by atomic mass is 9.78. The van der Waals surface area contributed by atoms with Crippen molar-refractivity contribution in [3.8, 4) is 0 Å². The summed E-state index contributed by atoms with van der Waals surface area (Å²) in [6, 6.07) is 25.5. The monoisotopic (exact) mass is 888 g/mol. The Morgan fingerprint density at radius 1 is 0.591 bits per heavy atom. The number of nitrogens with zero attached hydrogens (tertiary/aromatic N) is 10. The quantitative estimate of drug-likeness (QED) is 0.0620. The van der Waals surface area contributed by atoms with Crippen LogP contribution < -0.4 is 22.1 Å². The predicted molar refractivity (Wildman–Crippen MR) is 257 cm³/mol. The largest absolute Gasteiger partial charge is 0.382 e. The summed E-state index contributed by atoms with van der Waals surface area (Å²) in [5.41, 5.74) is 22.2. The van der Waals surface area contributed by atoms with Crippen LogP contribution in [-0.2, 0) is 47.9 Å². The summed E-state index contributed by atoms with van der Waals surface area (Å²) in [5.74, 6) is 0.450. The number of aryl methyl sites for hydroxylation is 1. The van der Waals surface area contributed by atoms with Gasteiger partial charge in [-0.15, -0.1) is 0 Å². The Balaban J connectivity index is 0.799. The van der Waals surface area contributed by atoms with Gasteiger partial charge in [0.2, 0.25) is 0 Å². The highest BCUT2D eigenvalue weighted by Crippen LogP contribution is 2.37. The minimum Gasteiger partial charge on any atom is -0.382 e. The first-order valence-corrected chi connectivity index (χ1v) is 22.3. The molecule has 4 aromatic carbocycles. The van der Waals surface area contributed by atoms with Crippen LogP contribution in [0.3, 0.4) is 0 Å². The third-order valence-corrected chi connectivity index (χ3v) is 12.5. The molecule has 0 aliphatic heterocycles. The van der Waals surface area contributed by atoms with Crippen LogP contribution in [0, 0.1) is 12.7 Å². The molecule has 0 saturated carbocycles. The number of rotatable bonds is 19. The fourth-order valence-corrected chi connectivity index (χ4v) is 9.18. The smallest absolute Gasteiger partial charge is 0.167 e. The fourth-order valence-electron chi connectivity index (χ4n) is 9.18. The summed E-state index contributed by atoms with van der Waals surface area (Å²) in [6.45, 7) is 12.7. The summed E-state index contributed by atoms with van der Waals surface area (Å²) in [4.78, 5) is 25.2. The lowest BCUT2D eigenvalue weighted by Gasteiger charge is -2.26. The van der Waals surface area contributed by atoms with Crippen molar-refractivity contribution in [1.29, 1.82) is 0 Å². The van der Waals surface area contributed by atoms with E-state index in [-0.39, 0.29) is 11.2 Å². The first-order chi connectivity index (χ1) is 32.1. The van der Waals surface area contributed by atoms with Gasteiger partial charge in [-0.1, -0.05) is 44.2 Å². The van der Waals surface area contributed by atoms with Gasteiger partial charge in [-0.25, -0.2) is 34.3 Å². The topological polar surface area (TPSA) is 192 Å². The second kappa shape index (κ2) is 18.1. The molecule has 0 atom stereocenters. The van der Waals surface area contributed by atoms with Crippen molar-refractivity contribution in [1.82, 2.24) is 58.8 Å². The molecule has 10 rings (SSSR count). The predicted octanol–water partition coefficient (Wildman–Crippen LogP) is 6.84. The van der Waals surface area contributed by atoms with E-state index < -0.39 is 0 Å². The molecule has 338 valence electrons. The van der Waals surface area contributed by atoms with Crippen molar-refractivity contribution in [2.24, 2.45) is 0 Å². The van der Waals surface area contributed by atoms with Gasteiger partial charge in [0.05, 0.1) is 31.4 Å². The Kier molecular flexibility index (Phi) is 11.7. The van der Waals surface area contributed by atoms with E-state index in [9.17, 15) is 4.39 Å². The van der Waals surface area contributed by atoms with Crippen molar-refractivity contribution in [2.75, 3.05) is 50.9 Å².